The topological polar surface area (TPSA) is 134 Å². The van der Waals surface area contributed by atoms with E-state index in [1.807, 2.05) is 0 Å². The molecule has 0 rings (SSSR count). The van der Waals surface area contributed by atoms with E-state index in [4.69, 9.17) is 10.8 Å². The Labute approximate surface area is 79.8 Å². The minimum atomic E-state index is -1.13. The molecular formula is C6H12N4O4. The second kappa shape index (κ2) is 6.52. The lowest BCUT2D eigenvalue weighted by Crippen LogP contribution is -2.42. The number of primary amides is 1. The van der Waals surface area contributed by atoms with Crippen LogP contribution in [-0.4, -0.2) is 42.8 Å². The number of aliphatic carboxylic acids is 1. The molecule has 0 radical (unpaired) electrons. The molecule has 0 atom stereocenters. The first-order chi connectivity index (χ1) is 6.52. The van der Waals surface area contributed by atoms with Gasteiger partial charge in [-0.2, -0.15) is 0 Å². The van der Waals surface area contributed by atoms with Gasteiger partial charge in [0.25, 0.3) is 0 Å². The van der Waals surface area contributed by atoms with Gasteiger partial charge >= 0.3 is 18.0 Å². The second-order valence-corrected chi connectivity index (χ2v) is 2.29. The van der Waals surface area contributed by atoms with Crippen LogP contribution in [0.1, 0.15) is 0 Å². The summed E-state index contributed by atoms with van der Waals surface area (Å²) in [4.78, 5) is 30.9. The first kappa shape index (κ1) is 12.0. The average Bonchev–Trinajstić information content (AvgIpc) is 2.08. The molecule has 0 bridgehead atoms. The Bertz CT molecular complexity index is 230. The summed E-state index contributed by atoms with van der Waals surface area (Å²) in [6, 6.07) is -1.29. The van der Waals surface area contributed by atoms with Crippen molar-refractivity contribution < 1.29 is 19.5 Å². The van der Waals surface area contributed by atoms with Crippen molar-refractivity contribution in [2.75, 3.05) is 19.6 Å². The molecule has 0 heterocycles. The Morgan fingerprint density at radius 1 is 1.07 bits per heavy atom. The highest BCUT2D eigenvalue weighted by molar-refractivity contribution is 5.79. The Hall–Kier alpha value is -1.99. The summed E-state index contributed by atoms with van der Waals surface area (Å²) in [6.07, 6.45) is 0. The Morgan fingerprint density at radius 2 is 1.64 bits per heavy atom. The molecule has 4 amide bonds. The minimum absolute atomic E-state index is 0.175. The molecule has 0 saturated carbocycles. The number of carboxylic acids is 1. The molecule has 0 aromatic rings. The lowest BCUT2D eigenvalue weighted by atomic mass is 10.6. The van der Waals surface area contributed by atoms with E-state index in [0.29, 0.717) is 0 Å². The molecule has 0 aliphatic rings. The third-order valence-corrected chi connectivity index (χ3v) is 1.11. The number of nitrogens with two attached hydrogens (primary N) is 1. The van der Waals surface area contributed by atoms with Crippen LogP contribution in [0.4, 0.5) is 9.59 Å². The number of carbonyl (C=O) groups excluding carboxylic acids is 2. The van der Waals surface area contributed by atoms with Crippen molar-refractivity contribution >= 4 is 18.0 Å². The smallest absolute Gasteiger partial charge is 0.323 e. The first-order valence-electron chi connectivity index (χ1n) is 3.79. The van der Waals surface area contributed by atoms with Crippen molar-refractivity contribution in [3.05, 3.63) is 0 Å². The van der Waals surface area contributed by atoms with Crippen LogP contribution in [0.2, 0.25) is 0 Å². The molecule has 8 heteroatoms. The number of hydrogen-bond donors (Lipinski definition) is 5. The maximum Gasteiger partial charge on any atom is 0.323 e. The summed E-state index contributed by atoms with van der Waals surface area (Å²) in [5, 5.41) is 14.8. The molecule has 0 spiro atoms. The monoisotopic (exact) mass is 204 g/mol. The standard InChI is InChI=1S/C6H12N4O4/c7-5(13)8-1-2-9-6(14)10-3-4(11)12/h1-3H2,(H,11,12)(H3,7,8,13)(H2,9,10,14). The molecule has 0 aliphatic heterocycles. The summed E-state index contributed by atoms with van der Waals surface area (Å²) in [6.45, 7) is -0.0840. The zero-order valence-corrected chi connectivity index (χ0v) is 7.37. The minimum Gasteiger partial charge on any atom is -0.480 e. The Balaban J connectivity index is 3.36. The predicted molar refractivity (Wildman–Crippen MR) is 46.6 cm³/mol. The molecule has 80 valence electrons. The second-order valence-electron chi connectivity index (χ2n) is 2.29. The van der Waals surface area contributed by atoms with Crippen LogP contribution in [-0.2, 0) is 4.79 Å². The quantitative estimate of drug-likeness (QED) is 0.332. The summed E-state index contributed by atoms with van der Waals surface area (Å²) in [5.41, 5.74) is 4.75. The molecule has 0 aromatic heterocycles. The third-order valence-electron chi connectivity index (χ3n) is 1.11. The molecule has 8 nitrogen and oxygen atoms in total. The van der Waals surface area contributed by atoms with Crippen LogP contribution in [0.5, 0.6) is 0 Å². The normalized spacial score (nSPS) is 8.86. The highest BCUT2D eigenvalue weighted by atomic mass is 16.4. The number of rotatable bonds is 5. The van der Waals surface area contributed by atoms with E-state index >= 15 is 0 Å². The van der Waals surface area contributed by atoms with Gasteiger partial charge in [-0.1, -0.05) is 0 Å². The Kier molecular flexibility index (Phi) is 5.59. The zero-order valence-electron chi connectivity index (χ0n) is 7.37. The van der Waals surface area contributed by atoms with Gasteiger partial charge in [-0.15, -0.1) is 0 Å². The summed E-state index contributed by atoms with van der Waals surface area (Å²) < 4.78 is 0. The van der Waals surface area contributed by atoms with Gasteiger partial charge in [0.2, 0.25) is 0 Å². The number of carboxylic acid groups (broad SMARTS) is 1. The van der Waals surface area contributed by atoms with E-state index in [1.54, 1.807) is 0 Å². The van der Waals surface area contributed by atoms with Gasteiger partial charge < -0.3 is 26.8 Å². The number of nitrogens with one attached hydrogen (secondary N) is 3. The number of carbonyl (C=O) groups is 3. The summed E-state index contributed by atoms with van der Waals surface area (Å²) >= 11 is 0. The maximum atomic E-state index is 10.8. The lowest BCUT2D eigenvalue weighted by Gasteiger charge is -2.05. The number of urea groups is 2. The van der Waals surface area contributed by atoms with Crippen molar-refractivity contribution in [2.45, 2.75) is 0 Å². The highest BCUT2D eigenvalue weighted by Gasteiger charge is 2.01. The van der Waals surface area contributed by atoms with Gasteiger partial charge in [0.15, 0.2) is 0 Å². The van der Waals surface area contributed by atoms with E-state index in [2.05, 4.69) is 16.0 Å². The van der Waals surface area contributed by atoms with E-state index in [9.17, 15) is 14.4 Å². The SMILES string of the molecule is NC(=O)NCCNC(=O)NCC(=O)O. The molecule has 0 fully saturated rings. The van der Waals surface area contributed by atoms with Gasteiger partial charge in [0, 0.05) is 13.1 Å². The van der Waals surface area contributed by atoms with Gasteiger partial charge in [-0.25, -0.2) is 9.59 Å². The number of amides is 4. The molecule has 0 saturated heterocycles. The molecule has 0 aromatic carbocycles. The third kappa shape index (κ3) is 8.11. The van der Waals surface area contributed by atoms with Crippen molar-refractivity contribution in [3.63, 3.8) is 0 Å². The molecular weight excluding hydrogens is 192 g/mol. The summed E-state index contributed by atoms with van der Waals surface area (Å²) in [5.74, 6) is -1.13. The van der Waals surface area contributed by atoms with Crippen molar-refractivity contribution in [3.8, 4) is 0 Å². The zero-order chi connectivity index (χ0) is 11.0. The fourth-order valence-corrected chi connectivity index (χ4v) is 0.580. The predicted octanol–water partition coefficient (Wildman–Crippen LogP) is -1.96. The van der Waals surface area contributed by atoms with Crippen LogP contribution in [0.3, 0.4) is 0 Å². The van der Waals surface area contributed by atoms with Gasteiger partial charge in [-0.3, -0.25) is 4.79 Å². The van der Waals surface area contributed by atoms with E-state index in [-0.39, 0.29) is 13.1 Å². The average molecular weight is 204 g/mol. The van der Waals surface area contributed by atoms with Crippen LogP contribution < -0.4 is 21.7 Å². The van der Waals surface area contributed by atoms with Crippen LogP contribution in [0.25, 0.3) is 0 Å². The van der Waals surface area contributed by atoms with E-state index in [1.165, 1.54) is 0 Å². The van der Waals surface area contributed by atoms with Crippen molar-refractivity contribution in [2.24, 2.45) is 5.73 Å². The summed E-state index contributed by atoms with van der Waals surface area (Å²) in [7, 11) is 0. The van der Waals surface area contributed by atoms with Crippen LogP contribution in [0.15, 0.2) is 0 Å². The van der Waals surface area contributed by atoms with E-state index in [0.717, 1.165) is 0 Å². The molecule has 6 N–H and O–H groups in total. The molecule has 0 unspecified atom stereocenters. The lowest BCUT2D eigenvalue weighted by molar-refractivity contribution is -0.135. The van der Waals surface area contributed by atoms with Crippen LogP contribution in [0, 0.1) is 0 Å². The molecule has 14 heavy (non-hydrogen) atoms. The van der Waals surface area contributed by atoms with Crippen molar-refractivity contribution in [1.29, 1.82) is 0 Å². The number of hydrogen-bond acceptors (Lipinski definition) is 3. The van der Waals surface area contributed by atoms with Crippen molar-refractivity contribution in [1.82, 2.24) is 16.0 Å². The highest BCUT2D eigenvalue weighted by Crippen LogP contribution is 1.66. The largest absolute Gasteiger partial charge is 0.480 e. The fourth-order valence-electron chi connectivity index (χ4n) is 0.580. The molecule has 0 aliphatic carbocycles. The fraction of sp³-hybridized carbons (Fsp3) is 0.500. The Morgan fingerprint density at radius 3 is 2.14 bits per heavy atom. The maximum absolute atomic E-state index is 10.8. The van der Waals surface area contributed by atoms with Crippen LogP contribution >= 0.6 is 0 Å². The van der Waals surface area contributed by atoms with Gasteiger partial charge in [0.05, 0.1) is 0 Å². The van der Waals surface area contributed by atoms with Gasteiger partial charge in [0.1, 0.15) is 6.54 Å². The first-order valence-corrected chi connectivity index (χ1v) is 3.79. The van der Waals surface area contributed by atoms with E-state index < -0.39 is 24.6 Å². The van der Waals surface area contributed by atoms with Gasteiger partial charge in [-0.05, 0) is 0 Å².